The number of rotatable bonds is 6. The van der Waals surface area contributed by atoms with Gasteiger partial charge in [-0.3, -0.25) is 14.5 Å². The average Bonchev–Trinajstić information content (AvgIpc) is 2.93. The standard InChI is InChI=1S/C21H19BrFNO4S/c1-12(2)24-20(25)18(29-21(24)26)10-14-8-16(22)19(17(9-14)27-3)28-11-13-5-4-6-15(23)7-13/h4-10,12H,11H2,1-3H3/b18-10+. The molecule has 0 radical (unpaired) electrons. The van der Waals surface area contributed by atoms with Crippen LogP contribution in [0.5, 0.6) is 11.5 Å². The molecule has 152 valence electrons. The fraction of sp³-hybridized carbons (Fsp3) is 0.238. The van der Waals surface area contributed by atoms with Crippen LogP contribution in [0, 0.1) is 5.82 Å². The van der Waals surface area contributed by atoms with Gasteiger partial charge in [0.25, 0.3) is 11.1 Å². The van der Waals surface area contributed by atoms with E-state index in [-0.39, 0.29) is 29.6 Å². The van der Waals surface area contributed by atoms with Crippen LogP contribution in [-0.4, -0.2) is 29.2 Å². The molecule has 1 heterocycles. The van der Waals surface area contributed by atoms with Crippen molar-refractivity contribution in [3.05, 3.63) is 62.7 Å². The number of nitrogens with zero attached hydrogens (tertiary/aromatic N) is 1. The number of methoxy groups -OCH3 is 1. The van der Waals surface area contributed by atoms with Crippen molar-refractivity contribution in [3.8, 4) is 11.5 Å². The zero-order chi connectivity index (χ0) is 21.1. The van der Waals surface area contributed by atoms with Crippen molar-refractivity contribution in [2.24, 2.45) is 0 Å². The lowest BCUT2D eigenvalue weighted by atomic mass is 10.1. The highest BCUT2D eigenvalue weighted by Gasteiger charge is 2.36. The molecule has 1 fully saturated rings. The Kier molecular flexibility index (Phi) is 6.64. The Balaban J connectivity index is 1.85. The zero-order valence-electron chi connectivity index (χ0n) is 16.1. The fourth-order valence-electron chi connectivity index (χ4n) is 2.82. The van der Waals surface area contributed by atoms with Crippen LogP contribution in [0.4, 0.5) is 9.18 Å². The molecule has 0 unspecified atom stereocenters. The van der Waals surface area contributed by atoms with Gasteiger partial charge in [-0.05, 0) is 83.0 Å². The Hall–Kier alpha value is -2.32. The lowest BCUT2D eigenvalue weighted by Crippen LogP contribution is -2.34. The summed E-state index contributed by atoms with van der Waals surface area (Å²) in [6.07, 6.45) is 1.65. The normalized spacial score (nSPS) is 15.5. The van der Waals surface area contributed by atoms with E-state index in [1.54, 1.807) is 44.2 Å². The molecule has 1 aliphatic heterocycles. The van der Waals surface area contributed by atoms with Gasteiger partial charge in [0.1, 0.15) is 12.4 Å². The Labute approximate surface area is 181 Å². The van der Waals surface area contributed by atoms with E-state index in [0.29, 0.717) is 32.0 Å². The van der Waals surface area contributed by atoms with Gasteiger partial charge in [-0.2, -0.15) is 0 Å². The predicted molar refractivity (Wildman–Crippen MR) is 114 cm³/mol. The third kappa shape index (κ3) is 4.82. The molecule has 2 aromatic carbocycles. The summed E-state index contributed by atoms with van der Waals surface area (Å²) in [5.41, 5.74) is 1.37. The summed E-state index contributed by atoms with van der Waals surface area (Å²) in [5, 5.41) is -0.280. The largest absolute Gasteiger partial charge is 0.493 e. The highest BCUT2D eigenvalue weighted by Crippen LogP contribution is 2.39. The number of thioether (sulfide) groups is 1. The Morgan fingerprint density at radius 3 is 2.62 bits per heavy atom. The number of carbonyl (C=O) groups is 2. The van der Waals surface area contributed by atoms with Gasteiger partial charge in [0.15, 0.2) is 11.5 Å². The van der Waals surface area contributed by atoms with E-state index in [1.165, 1.54) is 24.1 Å². The molecule has 3 rings (SSSR count). The van der Waals surface area contributed by atoms with Crippen LogP contribution >= 0.6 is 27.7 Å². The highest BCUT2D eigenvalue weighted by atomic mass is 79.9. The summed E-state index contributed by atoms with van der Waals surface area (Å²) in [6, 6.07) is 9.45. The summed E-state index contributed by atoms with van der Waals surface area (Å²) in [4.78, 5) is 26.1. The van der Waals surface area contributed by atoms with Crippen LogP contribution in [0.15, 0.2) is 45.8 Å². The van der Waals surface area contributed by atoms with Crippen LogP contribution in [0.3, 0.4) is 0 Å². The van der Waals surface area contributed by atoms with Gasteiger partial charge in [0.2, 0.25) is 0 Å². The monoisotopic (exact) mass is 479 g/mol. The van der Waals surface area contributed by atoms with E-state index in [4.69, 9.17) is 9.47 Å². The van der Waals surface area contributed by atoms with Gasteiger partial charge in [0, 0.05) is 6.04 Å². The Morgan fingerprint density at radius 2 is 2.00 bits per heavy atom. The molecule has 0 aromatic heterocycles. The number of hydrogen-bond acceptors (Lipinski definition) is 5. The van der Waals surface area contributed by atoms with E-state index in [9.17, 15) is 14.0 Å². The molecule has 0 spiro atoms. The molecule has 0 atom stereocenters. The second kappa shape index (κ2) is 9.00. The quantitative estimate of drug-likeness (QED) is 0.503. The van der Waals surface area contributed by atoms with E-state index < -0.39 is 0 Å². The van der Waals surface area contributed by atoms with Crippen molar-refractivity contribution >= 4 is 44.9 Å². The summed E-state index contributed by atoms with van der Waals surface area (Å²) in [5.74, 6) is 0.272. The zero-order valence-corrected chi connectivity index (χ0v) is 18.5. The van der Waals surface area contributed by atoms with Gasteiger partial charge >= 0.3 is 0 Å². The number of ether oxygens (including phenoxy) is 2. The number of imide groups is 1. The molecule has 0 bridgehead atoms. The molecule has 0 saturated carbocycles. The molecular formula is C21H19BrFNO4S. The van der Waals surface area contributed by atoms with Crippen molar-refractivity contribution < 1.29 is 23.5 Å². The molecule has 29 heavy (non-hydrogen) atoms. The lowest BCUT2D eigenvalue weighted by molar-refractivity contribution is -0.123. The molecule has 5 nitrogen and oxygen atoms in total. The minimum atomic E-state index is -0.331. The van der Waals surface area contributed by atoms with Crippen molar-refractivity contribution in [1.82, 2.24) is 4.90 Å². The predicted octanol–water partition coefficient (Wildman–Crippen LogP) is 5.62. The minimum absolute atomic E-state index is 0.166. The van der Waals surface area contributed by atoms with Crippen molar-refractivity contribution in [2.45, 2.75) is 26.5 Å². The first kappa shape index (κ1) is 21.4. The Bertz CT molecular complexity index is 993. The maximum atomic E-state index is 13.3. The third-order valence-electron chi connectivity index (χ3n) is 4.16. The lowest BCUT2D eigenvalue weighted by Gasteiger charge is -2.16. The molecule has 0 N–H and O–H groups in total. The van der Waals surface area contributed by atoms with Gasteiger partial charge < -0.3 is 9.47 Å². The first-order valence-electron chi connectivity index (χ1n) is 8.82. The summed E-state index contributed by atoms with van der Waals surface area (Å²) >= 11 is 4.37. The summed E-state index contributed by atoms with van der Waals surface area (Å²) < 4.78 is 25.2. The van der Waals surface area contributed by atoms with Crippen molar-refractivity contribution in [2.75, 3.05) is 7.11 Å². The van der Waals surface area contributed by atoms with Crippen LogP contribution in [0.25, 0.3) is 6.08 Å². The van der Waals surface area contributed by atoms with Crippen LogP contribution in [-0.2, 0) is 11.4 Å². The van der Waals surface area contributed by atoms with E-state index in [1.807, 2.05) is 0 Å². The first-order chi connectivity index (χ1) is 13.8. The highest BCUT2D eigenvalue weighted by molar-refractivity contribution is 9.10. The molecule has 8 heteroatoms. The van der Waals surface area contributed by atoms with Gasteiger partial charge in [0.05, 0.1) is 16.5 Å². The third-order valence-corrected chi connectivity index (χ3v) is 5.63. The van der Waals surface area contributed by atoms with E-state index in [2.05, 4.69) is 15.9 Å². The van der Waals surface area contributed by atoms with Gasteiger partial charge in [-0.1, -0.05) is 12.1 Å². The molecule has 1 aliphatic rings. The number of carbonyl (C=O) groups excluding carboxylic acids is 2. The van der Waals surface area contributed by atoms with Crippen molar-refractivity contribution in [3.63, 3.8) is 0 Å². The maximum Gasteiger partial charge on any atom is 0.293 e. The topological polar surface area (TPSA) is 55.8 Å². The van der Waals surface area contributed by atoms with Crippen LogP contribution in [0.2, 0.25) is 0 Å². The Morgan fingerprint density at radius 1 is 1.24 bits per heavy atom. The minimum Gasteiger partial charge on any atom is -0.493 e. The molecule has 2 aromatic rings. The number of halogens is 2. The number of hydrogen-bond donors (Lipinski definition) is 0. The van der Waals surface area contributed by atoms with Crippen LogP contribution < -0.4 is 9.47 Å². The molecule has 1 saturated heterocycles. The van der Waals surface area contributed by atoms with Crippen molar-refractivity contribution in [1.29, 1.82) is 0 Å². The fourth-order valence-corrected chi connectivity index (χ4v) is 4.36. The average molecular weight is 480 g/mol. The smallest absolute Gasteiger partial charge is 0.293 e. The van der Waals surface area contributed by atoms with Gasteiger partial charge in [-0.15, -0.1) is 0 Å². The molecule has 0 aliphatic carbocycles. The first-order valence-corrected chi connectivity index (χ1v) is 10.4. The molecular weight excluding hydrogens is 461 g/mol. The number of amides is 2. The van der Waals surface area contributed by atoms with E-state index >= 15 is 0 Å². The summed E-state index contributed by atoms with van der Waals surface area (Å²) in [7, 11) is 1.51. The van der Waals surface area contributed by atoms with E-state index in [0.717, 1.165) is 11.8 Å². The van der Waals surface area contributed by atoms with Gasteiger partial charge in [-0.25, -0.2) is 4.39 Å². The second-order valence-electron chi connectivity index (χ2n) is 6.60. The van der Waals surface area contributed by atoms with Crippen LogP contribution in [0.1, 0.15) is 25.0 Å². The summed E-state index contributed by atoms with van der Waals surface area (Å²) in [6.45, 7) is 3.76. The SMILES string of the molecule is COc1cc(/C=C2/SC(=O)N(C(C)C)C2=O)cc(Br)c1OCc1cccc(F)c1. The molecule has 2 amide bonds. The maximum absolute atomic E-state index is 13.3. The second-order valence-corrected chi connectivity index (χ2v) is 8.45. The number of benzene rings is 2.